The van der Waals surface area contributed by atoms with E-state index < -0.39 is 0 Å². The van der Waals surface area contributed by atoms with Crippen molar-refractivity contribution in [2.24, 2.45) is 0 Å². The summed E-state index contributed by atoms with van der Waals surface area (Å²) in [4.78, 5) is 11.5. The van der Waals surface area contributed by atoms with Crippen LogP contribution in [0.15, 0.2) is 30.6 Å². The molecule has 0 spiro atoms. The number of aromatic nitrogens is 2. The lowest BCUT2D eigenvalue weighted by Gasteiger charge is -2.06. The molecule has 7 heteroatoms. The van der Waals surface area contributed by atoms with Crippen molar-refractivity contribution in [1.29, 1.82) is 0 Å². The number of aliphatic hydroxyl groups excluding tert-OH is 1. The van der Waals surface area contributed by atoms with Gasteiger partial charge in [-0.3, -0.25) is 9.48 Å². The van der Waals surface area contributed by atoms with Crippen LogP contribution < -0.4 is 10.6 Å². The van der Waals surface area contributed by atoms with E-state index in [-0.39, 0.29) is 31.4 Å². The SMILES string of the molecule is Cc1ccc(F)c(CNc2cnn(CC(=O)NCCO)c2)c1. The lowest BCUT2D eigenvalue weighted by molar-refractivity contribution is -0.122. The molecule has 1 aromatic carbocycles. The van der Waals surface area contributed by atoms with E-state index in [4.69, 9.17) is 5.11 Å². The molecule has 0 radical (unpaired) electrons. The second-order valence-corrected chi connectivity index (χ2v) is 4.95. The minimum atomic E-state index is -0.256. The van der Waals surface area contributed by atoms with Crippen molar-refractivity contribution in [3.05, 3.63) is 47.5 Å². The number of aliphatic hydroxyl groups is 1. The van der Waals surface area contributed by atoms with Gasteiger partial charge >= 0.3 is 0 Å². The Kier molecular flexibility index (Phi) is 5.48. The number of nitrogens with zero attached hydrogens (tertiary/aromatic N) is 2. The van der Waals surface area contributed by atoms with E-state index >= 15 is 0 Å². The summed E-state index contributed by atoms with van der Waals surface area (Å²) in [6.07, 6.45) is 3.25. The van der Waals surface area contributed by atoms with E-state index in [1.807, 2.05) is 6.92 Å². The Balaban J connectivity index is 1.89. The average Bonchev–Trinajstić information content (AvgIpc) is 2.93. The summed E-state index contributed by atoms with van der Waals surface area (Å²) in [7, 11) is 0. The van der Waals surface area contributed by atoms with Crippen LogP contribution in [0.1, 0.15) is 11.1 Å². The molecule has 118 valence electrons. The Morgan fingerprint density at radius 2 is 2.27 bits per heavy atom. The van der Waals surface area contributed by atoms with Gasteiger partial charge in [-0.15, -0.1) is 0 Å². The number of rotatable bonds is 7. The first-order valence-corrected chi connectivity index (χ1v) is 6.97. The summed E-state index contributed by atoms with van der Waals surface area (Å²) in [5, 5.41) is 18.3. The third kappa shape index (κ3) is 4.56. The molecule has 0 saturated heterocycles. The van der Waals surface area contributed by atoms with Crippen molar-refractivity contribution in [2.45, 2.75) is 20.0 Å². The van der Waals surface area contributed by atoms with E-state index in [0.29, 0.717) is 17.8 Å². The van der Waals surface area contributed by atoms with Gasteiger partial charge in [0.05, 0.1) is 18.5 Å². The number of nitrogens with one attached hydrogen (secondary N) is 2. The van der Waals surface area contributed by atoms with Gasteiger partial charge in [0.1, 0.15) is 12.4 Å². The van der Waals surface area contributed by atoms with Gasteiger partial charge in [0.2, 0.25) is 5.91 Å². The highest BCUT2D eigenvalue weighted by Gasteiger charge is 2.06. The summed E-state index contributed by atoms with van der Waals surface area (Å²) in [6.45, 7) is 2.44. The van der Waals surface area contributed by atoms with Gasteiger partial charge in [-0.05, 0) is 13.0 Å². The predicted molar refractivity (Wildman–Crippen MR) is 80.8 cm³/mol. The molecule has 1 aromatic heterocycles. The van der Waals surface area contributed by atoms with E-state index in [0.717, 1.165) is 5.56 Å². The first-order chi connectivity index (χ1) is 10.6. The summed E-state index contributed by atoms with van der Waals surface area (Å²) in [5.41, 5.74) is 2.28. The van der Waals surface area contributed by atoms with Crippen molar-refractivity contribution in [3.8, 4) is 0 Å². The molecular weight excluding hydrogens is 287 g/mol. The first kappa shape index (κ1) is 16.0. The molecule has 0 bridgehead atoms. The highest BCUT2D eigenvalue weighted by atomic mass is 19.1. The van der Waals surface area contributed by atoms with Crippen molar-refractivity contribution in [3.63, 3.8) is 0 Å². The number of aryl methyl sites for hydroxylation is 1. The molecule has 0 unspecified atom stereocenters. The van der Waals surface area contributed by atoms with Crippen LogP contribution in [0.5, 0.6) is 0 Å². The Hall–Kier alpha value is -2.41. The molecule has 0 fully saturated rings. The van der Waals surface area contributed by atoms with Crippen molar-refractivity contribution in [2.75, 3.05) is 18.5 Å². The third-order valence-corrected chi connectivity index (χ3v) is 3.06. The van der Waals surface area contributed by atoms with Crippen LogP contribution in [0.25, 0.3) is 0 Å². The van der Waals surface area contributed by atoms with E-state index in [1.165, 1.54) is 10.7 Å². The fraction of sp³-hybridized carbons (Fsp3) is 0.333. The van der Waals surface area contributed by atoms with Crippen LogP contribution in [0.2, 0.25) is 0 Å². The first-order valence-electron chi connectivity index (χ1n) is 6.97. The average molecular weight is 306 g/mol. The van der Waals surface area contributed by atoms with E-state index in [1.54, 1.807) is 24.5 Å². The molecule has 1 heterocycles. The highest BCUT2D eigenvalue weighted by Crippen LogP contribution is 2.13. The number of hydrogen-bond acceptors (Lipinski definition) is 4. The van der Waals surface area contributed by atoms with Gasteiger partial charge in [0.15, 0.2) is 0 Å². The molecule has 6 nitrogen and oxygen atoms in total. The number of carbonyl (C=O) groups is 1. The van der Waals surface area contributed by atoms with Crippen LogP contribution in [-0.2, 0) is 17.9 Å². The zero-order valence-electron chi connectivity index (χ0n) is 12.3. The molecule has 1 amide bonds. The van der Waals surface area contributed by atoms with Crippen molar-refractivity contribution >= 4 is 11.6 Å². The van der Waals surface area contributed by atoms with Crippen LogP contribution in [0, 0.1) is 12.7 Å². The number of halogens is 1. The topological polar surface area (TPSA) is 79.2 Å². The summed E-state index contributed by atoms with van der Waals surface area (Å²) >= 11 is 0. The molecular formula is C15H19FN4O2. The van der Waals surface area contributed by atoms with Crippen LogP contribution >= 0.6 is 0 Å². The minimum Gasteiger partial charge on any atom is -0.395 e. The Bertz CT molecular complexity index is 642. The van der Waals surface area contributed by atoms with Gasteiger partial charge in [0, 0.05) is 24.8 Å². The number of anilines is 1. The zero-order valence-corrected chi connectivity index (χ0v) is 12.3. The van der Waals surface area contributed by atoms with Gasteiger partial charge in [-0.1, -0.05) is 17.7 Å². The second kappa shape index (κ2) is 7.56. The van der Waals surface area contributed by atoms with Crippen molar-refractivity contribution < 1.29 is 14.3 Å². The van der Waals surface area contributed by atoms with Gasteiger partial charge in [0.25, 0.3) is 0 Å². The van der Waals surface area contributed by atoms with E-state index in [2.05, 4.69) is 15.7 Å². The Morgan fingerprint density at radius 3 is 3.05 bits per heavy atom. The molecule has 0 atom stereocenters. The maximum atomic E-state index is 13.6. The normalized spacial score (nSPS) is 10.5. The van der Waals surface area contributed by atoms with Crippen LogP contribution in [0.3, 0.4) is 0 Å². The predicted octanol–water partition coefficient (Wildman–Crippen LogP) is 1.05. The number of benzene rings is 1. The minimum absolute atomic E-state index is 0.0699. The summed E-state index contributed by atoms with van der Waals surface area (Å²) in [5.74, 6) is -0.484. The lowest BCUT2D eigenvalue weighted by atomic mass is 10.1. The maximum absolute atomic E-state index is 13.6. The molecule has 2 rings (SSSR count). The van der Waals surface area contributed by atoms with Gasteiger partial charge in [-0.25, -0.2) is 4.39 Å². The Labute approximate surface area is 128 Å². The lowest BCUT2D eigenvalue weighted by Crippen LogP contribution is -2.30. The molecule has 0 saturated carbocycles. The number of carbonyl (C=O) groups excluding carboxylic acids is 1. The Morgan fingerprint density at radius 1 is 1.45 bits per heavy atom. The number of amides is 1. The standard InChI is InChI=1S/C15H19FN4O2/c1-11-2-3-14(16)12(6-11)7-18-13-8-19-20(9-13)10-15(22)17-4-5-21/h2-3,6,8-9,18,21H,4-5,7,10H2,1H3,(H,17,22). The van der Waals surface area contributed by atoms with Gasteiger partial charge in [-0.2, -0.15) is 5.10 Å². The highest BCUT2D eigenvalue weighted by molar-refractivity contribution is 5.75. The van der Waals surface area contributed by atoms with E-state index in [9.17, 15) is 9.18 Å². The molecule has 2 aromatic rings. The molecule has 0 aliphatic carbocycles. The fourth-order valence-corrected chi connectivity index (χ4v) is 1.98. The quantitative estimate of drug-likeness (QED) is 0.714. The molecule has 3 N–H and O–H groups in total. The number of hydrogen-bond donors (Lipinski definition) is 3. The van der Waals surface area contributed by atoms with Crippen molar-refractivity contribution in [1.82, 2.24) is 15.1 Å². The largest absolute Gasteiger partial charge is 0.395 e. The fourth-order valence-electron chi connectivity index (χ4n) is 1.98. The molecule has 0 aliphatic heterocycles. The summed E-state index contributed by atoms with van der Waals surface area (Å²) < 4.78 is 15.1. The van der Waals surface area contributed by atoms with Crippen LogP contribution in [0.4, 0.5) is 10.1 Å². The zero-order chi connectivity index (χ0) is 15.9. The molecule has 22 heavy (non-hydrogen) atoms. The third-order valence-electron chi connectivity index (χ3n) is 3.06. The maximum Gasteiger partial charge on any atom is 0.241 e. The smallest absolute Gasteiger partial charge is 0.241 e. The van der Waals surface area contributed by atoms with Gasteiger partial charge < -0.3 is 15.7 Å². The summed E-state index contributed by atoms with van der Waals surface area (Å²) in [6, 6.07) is 4.96. The molecule has 0 aliphatic rings. The monoisotopic (exact) mass is 306 g/mol. The van der Waals surface area contributed by atoms with Crippen LogP contribution in [-0.4, -0.2) is 33.9 Å². The second-order valence-electron chi connectivity index (χ2n) is 4.95.